The zero-order valence-corrected chi connectivity index (χ0v) is 21.4. The second-order valence-electron chi connectivity index (χ2n) is 3.42. The number of hydrogen-bond acceptors (Lipinski definition) is 4. The average molecular weight is 353 g/mol. The summed E-state index contributed by atoms with van der Waals surface area (Å²) in [5.41, 5.74) is 0. The monoisotopic (exact) mass is 353 g/mol. The van der Waals surface area contributed by atoms with E-state index in [-0.39, 0.29) is 125 Å². The van der Waals surface area contributed by atoms with Gasteiger partial charge in [-0.05, 0) is 19.4 Å². The molecular formula is C5H13NNa4O7P2. The Morgan fingerprint density at radius 2 is 1.32 bits per heavy atom. The number of nitrogens with one attached hydrogen (secondary N) is 1. The molecule has 19 heavy (non-hydrogen) atoms. The Morgan fingerprint density at radius 1 is 0.947 bits per heavy atom. The second kappa shape index (κ2) is 11.7. The molecule has 1 rings (SSSR count). The first-order chi connectivity index (χ1) is 6.61. The average Bonchev–Trinajstić information content (AvgIpc) is 2.49. The van der Waals surface area contributed by atoms with Crippen LogP contribution in [-0.4, -0.2) is 161 Å². The molecule has 0 amide bonds. The van der Waals surface area contributed by atoms with Crippen LogP contribution in [0.3, 0.4) is 0 Å². The van der Waals surface area contributed by atoms with Gasteiger partial charge in [0.2, 0.25) is 0 Å². The largest absolute Gasteiger partial charge is 0.371 e. The van der Waals surface area contributed by atoms with Crippen molar-refractivity contribution in [3.05, 3.63) is 0 Å². The van der Waals surface area contributed by atoms with Crippen LogP contribution in [-0.2, 0) is 9.13 Å². The Morgan fingerprint density at radius 3 is 1.53 bits per heavy atom. The van der Waals surface area contributed by atoms with E-state index < -0.39 is 26.3 Å². The van der Waals surface area contributed by atoms with Crippen LogP contribution in [0.25, 0.3) is 0 Å². The van der Waals surface area contributed by atoms with E-state index in [2.05, 4.69) is 5.32 Å². The topological polar surface area (TPSA) is 147 Å². The molecule has 1 heterocycles. The summed E-state index contributed by atoms with van der Waals surface area (Å²) in [5, 5.41) is 8.75. The van der Waals surface area contributed by atoms with Gasteiger partial charge >= 0.3 is 15.2 Å². The van der Waals surface area contributed by atoms with Crippen molar-refractivity contribution in [2.24, 2.45) is 0 Å². The van der Waals surface area contributed by atoms with Gasteiger partial charge in [-0.2, -0.15) is 0 Å². The fourth-order valence-corrected chi connectivity index (χ4v) is 4.20. The van der Waals surface area contributed by atoms with Crippen LogP contribution in [0.2, 0.25) is 0 Å². The van der Waals surface area contributed by atoms with Gasteiger partial charge in [-0.3, -0.25) is 9.13 Å². The van der Waals surface area contributed by atoms with Crippen LogP contribution in [0.15, 0.2) is 0 Å². The van der Waals surface area contributed by atoms with Crippen molar-refractivity contribution < 1.29 is 33.8 Å². The normalized spacial score (nSPS) is 19.3. The molecule has 1 saturated heterocycles. The molecule has 4 radical (unpaired) electrons. The Kier molecular flexibility index (Phi) is 19.1. The first-order valence-electron chi connectivity index (χ1n) is 4.18. The molecule has 0 aromatic rings. The maximum absolute atomic E-state index is 11.0. The maximum atomic E-state index is 11.0. The summed E-state index contributed by atoms with van der Waals surface area (Å²) >= 11 is 0. The first-order valence-corrected chi connectivity index (χ1v) is 7.40. The standard InChI is InChI=1S/C5H13NO7P2.4Na/c7-5(14(8,9)10,15(11,12)13)4-2-1-3-6-4;;;;/h4,6-7H,1-3H2,(H2,8,9,10)(H2,11,12,13);;;;/t4-;;;;/m0..../s1. The van der Waals surface area contributed by atoms with Crippen LogP contribution in [0.1, 0.15) is 12.8 Å². The van der Waals surface area contributed by atoms with Crippen molar-refractivity contribution in [1.82, 2.24) is 5.32 Å². The first kappa shape index (κ1) is 31.0. The molecule has 8 nitrogen and oxygen atoms in total. The number of rotatable bonds is 3. The molecule has 94 valence electrons. The molecule has 6 N–H and O–H groups in total. The van der Waals surface area contributed by atoms with Crippen molar-refractivity contribution in [2.75, 3.05) is 6.54 Å². The van der Waals surface area contributed by atoms with Crippen molar-refractivity contribution in [1.29, 1.82) is 0 Å². The Hall–Kier alpha value is 4.22. The Labute approximate surface area is 199 Å². The molecular weight excluding hydrogens is 340 g/mol. The molecule has 1 fully saturated rings. The Bertz CT molecular complexity index is 318. The number of aliphatic hydroxyl groups is 1. The third kappa shape index (κ3) is 7.32. The summed E-state index contributed by atoms with van der Waals surface area (Å²) in [6.07, 6.45) is 0.597. The fourth-order valence-electron chi connectivity index (χ4n) is 1.59. The van der Waals surface area contributed by atoms with Crippen molar-refractivity contribution >= 4 is 133 Å². The smallest absolute Gasteiger partial charge is 0.366 e. The molecule has 14 heteroatoms. The minimum Gasteiger partial charge on any atom is -0.366 e. The van der Waals surface area contributed by atoms with E-state index in [4.69, 9.17) is 19.6 Å². The van der Waals surface area contributed by atoms with Gasteiger partial charge in [-0.15, -0.1) is 0 Å². The summed E-state index contributed by atoms with van der Waals surface area (Å²) in [6.45, 7) is 0.354. The van der Waals surface area contributed by atoms with E-state index in [1.54, 1.807) is 0 Å². The third-order valence-electron chi connectivity index (χ3n) is 2.39. The van der Waals surface area contributed by atoms with Crippen LogP contribution >= 0.6 is 15.2 Å². The fraction of sp³-hybridized carbons (Fsp3) is 1.00. The molecule has 0 saturated carbocycles. The van der Waals surface area contributed by atoms with Gasteiger partial charge in [-0.25, -0.2) is 0 Å². The van der Waals surface area contributed by atoms with Crippen LogP contribution in [0, 0.1) is 0 Å². The van der Waals surface area contributed by atoms with E-state index in [9.17, 15) is 14.2 Å². The van der Waals surface area contributed by atoms with Gasteiger partial charge in [0.15, 0.2) is 0 Å². The molecule has 1 aliphatic rings. The summed E-state index contributed by atoms with van der Waals surface area (Å²) in [4.78, 5) is 35.4. The Balaban J connectivity index is -0.000000281. The van der Waals surface area contributed by atoms with Gasteiger partial charge in [0.25, 0.3) is 5.08 Å². The van der Waals surface area contributed by atoms with Crippen molar-refractivity contribution in [3.8, 4) is 0 Å². The molecule has 0 unspecified atom stereocenters. The number of hydrogen-bond donors (Lipinski definition) is 6. The minimum atomic E-state index is -5.33. The third-order valence-corrected chi connectivity index (χ3v) is 6.29. The van der Waals surface area contributed by atoms with Gasteiger partial charge < -0.3 is 30.0 Å². The summed E-state index contributed by atoms with van der Waals surface area (Å²) < 4.78 is 22.0. The zero-order valence-electron chi connectivity index (χ0n) is 11.6. The van der Waals surface area contributed by atoms with Crippen LogP contribution in [0.4, 0.5) is 0 Å². The molecule has 1 aliphatic heterocycles. The van der Waals surface area contributed by atoms with E-state index in [0.717, 1.165) is 0 Å². The summed E-state index contributed by atoms with van der Waals surface area (Å²) in [5.74, 6) is 0. The summed E-state index contributed by atoms with van der Waals surface area (Å²) in [7, 11) is -10.7. The molecule has 1 atom stereocenters. The van der Waals surface area contributed by atoms with E-state index in [0.29, 0.717) is 13.0 Å². The minimum absolute atomic E-state index is 0. The molecule has 0 aromatic heterocycles. The second-order valence-corrected chi connectivity index (χ2v) is 7.32. The van der Waals surface area contributed by atoms with E-state index in [1.165, 1.54) is 0 Å². The van der Waals surface area contributed by atoms with Crippen LogP contribution in [0.5, 0.6) is 0 Å². The maximum Gasteiger partial charge on any atom is 0.371 e. The van der Waals surface area contributed by atoms with Gasteiger partial charge in [0, 0.05) is 118 Å². The summed E-state index contributed by atoms with van der Waals surface area (Å²) in [6, 6.07) is -1.29. The predicted octanol–water partition coefficient (Wildman–Crippen LogP) is -2.78. The molecule has 0 aliphatic carbocycles. The van der Waals surface area contributed by atoms with Crippen molar-refractivity contribution in [2.45, 2.75) is 24.0 Å². The van der Waals surface area contributed by atoms with E-state index >= 15 is 0 Å². The van der Waals surface area contributed by atoms with E-state index in [1.807, 2.05) is 0 Å². The molecule has 0 aromatic carbocycles. The molecule has 0 spiro atoms. The molecule has 0 bridgehead atoms. The predicted molar refractivity (Wildman–Crippen MR) is 73.1 cm³/mol. The zero-order chi connectivity index (χ0) is 11.9. The quantitative estimate of drug-likeness (QED) is 0.236. The van der Waals surface area contributed by atoms with Crippen molar-refractivity contribution in [3.63, 3.8) is 0 Å². The van der Waals surface area contributed by atoms with Crippen LogP contribution < -0.4 is 5.32 Å². The van der Waals surface area contributed by atoms with Gasteiger partial charge in [0.05, 0.1) is 6.04 Å². The SMILES string of the molecule is O=P(O)(O)C(O)([C@@H]1CCCN1)P(=O)(O)O.[Na].[Na].[Na].[Na]. The van der Waals surface area contributed by atoms with Gasteiger partial charge in [0.1, 0.15) is 0 Å². The van der Waals surface area contributed by atoms with Gasteiger partial charge in [-0.1, -0.05) is 0 Å².